The molecule has 3 N–H and O–H groups in total. The van der Waals surface area contributed by atoms with Gasteiger partial charge in [0.1, 0.15) is 11.8 Å². The number of halogens is 1. The van der Waals surface area contributed by atoms with E-state index in [0.29, 0.717) is 33.5 Å². The van der Waals surface area contributed by atoms with Crippen LogP contribution in [0, 0.1) is 13.1 Å². The molecule has 150 valence electrons. The summed E-state index contributed by atoms with van der Waals surface area (Å²) in [5.41, 5.74) is 8.08. The van der Waals surface area contributed by atoms with Gasteiger partial charge in [0.25, 0.3) is 0 Å². The lowest BCUT2D eigenvalue weighted by atomic mass is 10.1. The molecule has 1 heterocycles. The Labute approximate surface area is 181 Å². The number of fused-ring (bicyclic) bond motifs is 1. The highest BCUT2D eigenvalue weighted by Crippen LogP contribution is 2.34. The fourth-order valence-corrected chi connectivity index (χ4v) is 3.43. The van der Waals surface area contributed by atoms with Crippen LogP contribution in [0.5, 0.6) is 5.75 Å². The van der Waals surface area contributed by atoms with Gasteiger partial charge in [-0.25, -0.2) is 9.69 Å². The molecule has 0 aliphatic rings. The Morgan fingerprint density at radius 2 is 2.10 bits per heavy atom. The van der Waals surface area contributed by atoms with Crippen LogP contribution in [0.25, 0.3) is 32.4 Å². The predicted octanol–water partition coefficient (Wildman–Crippen LogP) is 4.34. The molecule has 0 bridgehead atoms. The normalized spacial score (nSPS) is 12.3. The van der Waals surface area contributed by atoms with Crippen LogP contribution in [0.15, 0.2) is 47.1 Å². The standard InChI is InChI=1S/C22H17BrN4O3/c1-25-15-5-7-21(30-3)13(8-15)9-19(26-2)17-11-27(22(29)18(24)12-28)20-6-4-14(23)10-16(17)20/h4-11,18,28H,12,24H2,3H3/b19-9-/t18-/m0/s1. The molecule has 0 spiro atoms. The number of benzene rings is 2. The van der Waals surface area contributed by atoms with Crippen LogP contribution in [0.2, 0.25) is 0 Å². The van der Waals surface area contributed by atoms with Crippen molar-refractivity contribution in [2.75, 3.05) is 13.7 Å². The number of methoxy groups -OCH3 is 1. The molecule has 3 aromatic rings. The smallest absolute Gasteiger partial charge is 0.250 e. The number of carbonyl (C=O) groups excluding carboxylic acids is 1. The Bertz CT molecular complexity index is 1250. The van der Waals surface area contributed by atoms with Gasteiger partial charge in [-0.2, -0.15) is 0 Å². The summed E-state index contributed by atoms with van der Waals surface area (Å²) in [6, 6.07) is 9.20. The summed E-state index contributed by atoms with van der Waals surface area (Å²) in [5.74, 6) is 0.0415. The Morgan fingerprint density at radius 3 is 2.73 bits per heavy atom. The molecule has 0 saturated carbocycles. The van der Waals surface area contributed by atoms with Crippen LogP contribution in [0.1, 0.15) is 15.9 Å². The molecule has 1 atom stereocenters. The van der Waals surface area contributed by atoms with E-state index in [-0.39, 0.29) is 5.70 Å². The highest BCUT2D eigenvalue weighted by molar-refractivity contribution is 9.10. The van der Waals surface area contributed by atoms with Crippen molar-refractivity contribution in [1.82, 2.24) is 4.57 Å². The van der Waals surface area contributed by atoms with Crippen LogP contribution in [-0.4, -0.2) is 35.3 Å². The Balaban J connectivity index is 2.26. The highest BCUT2D eigenvalue weighted by Gasteiger charge is 2.21. The summed E-state index contributed by atoms with van der Waals surface area (Å²) in [6.07, 6.45) is 3.17. The van der Waals surface area contributed by atoms with E-state index in [1.807, 2.05) is 6.07 Å². The SMILES string of the molecule is [C-]#[N+]/C(=C\c1cc([N+]#[C-])ccc1OC)c1cn(C(=O)[C@@H](N)CO)c2ccc(Br)cc12. The van der Waals surface area contributed by atoms with Gasteiger partial charge in [-0.1, -0.05) is 22.0 Å². The van der Waals surface area contributed by atoms with Crippen molar-refractivity contribution < 1.29 is 14.6 Å². The number of nitrogens with zero attached hydrogens (tertiary/aromatic N) is 3. The Kier molecular flexibility index (Phi) is 6.34. The first-order valence-corrected chi connectivity index (χ1v) is 9.59. The number of nitrogens with two attached hydrogens (primary N) is 1. The molecule has 30 heavy (non-hydrogen) atoms. The molecule has 1 aromatic heterocycles. The summed E-state index contributed by atoms with van der Waals surface area (Å²) < 4.78 is 7.49. The largest absolute Gasteiger partial charge is 0.496 e. The van der Waals surface area contributed by atoms with E-state index in [2.05, 4.69) is 25.6 Å². The number of aliphatic hydroxyl groups is 1. The fourth-order valence-electron chi connectivity index (χ4n) is 3.07. The molecule has 0 amide bonds. The van der Waals surface area contributed by atoms with Gasteiger partial charge >= 0.3 is 0 Å². The van der Waals surface area contributed by atoms with Gasteiger partial charge in [0.15, 0.2) is 11.4 Å². The third-order valence-corrected chi connectivity index (χ3v) is 5.04. The van der Waals surface area contributed by atoms with E-state index in [1.165, 1.54) is 11.7 Å². The van der Waals surface area contributed by atoms with Crippen LogP contribution in [0.4, 0.5) is 5.69 Å². The van der Waals surface area contributed by atoms with Crippen molar-refractivity contribution in [3.05, 3.63) is 81.0 Å². The van der Waals surface area contributed by atoms with Crippen molar-refractivity contribution in [2.45, 2.75) is 6.04 Å². The van der Waals surface area contributed by atoms with Gasteiger partial charge < -0.3 is 15.6 Å². The number of carbonyl (C=O) groups is 1. The van der Waals surface area contributed by atoms with Gasteiger partial charge in [-0.3, -0.25) is 9.36 Å². The number of aromatic nitrogens is 1. The summed E-state index contributed by atoms with van der Waals surface area (Å²) in [5, 5.41) is 9.95. The zero-order valence-corrected chi connectivity index (χ0v) is 17.5. The number of rotatable bonds is 5. The molecule has 0 saturated heterocycles. The van der Waals surface area contributed by atoms with Gasteiger partial charge in [0.2, 0.25) is 5.91 Å². The molecule has 7 nitrogen and oxygen atoms in total. The van der Waals surface area contributed by atoms with Gasteiger partial charge in [-0.05, 0) is 47.4 Å². The molecule has 0 fully saturated rings. The minimum atomic E-state index is -1.08. The van der Waals surface area contributed by atoms with Crippen molar-refractivity contribution in [3.63, 3.8) is 0 Å². The van der Waals surface area contributed by atoms with Crippen molar-refractivity contribution in [3.8, 4) is 5.75 Å². The summed E-state index contributed by atoms with van der Waals surface area (Å²) >= 11 is 3.43. The molecule has 0 aliphatic carbocycles. The average Bonchev–Trinajstić information content (AvgIpc) is 3.14. The molecule has 2 aromatic carbocycles. The highest BCUT2D eigenvalue weighted by atomic mass is 79.9. The summed E-state index contributed by atoms with van der Waals surface area (Å²) in [7, 11) is 1.51. The average molecular weight is 465 g/mol. The number of hydrogen-bond donors (Lipinski definition) is 2. The van der Waals surface area contributed by atoms with E-state index in [9.17, 15) is 9.90 Å². The van der Waals surface area contributed by atoms with E-state index in [0.717, 1.165) is 4.47 Å². The van der Waals surface area contributed by atoms with E-state index in [4.69, 9.17) is 23.6 Å². The Hall–Kier alpha value is -3.43. The monoisotopic (exact) mass is 464 g/mol. The number of hydrogen-bond acceptors (Lipinski definition) is 4. The maximum Gasteiger partial charge on any atom is 0.250 e. The zero-order valence-electron chi connectivity index (χ0n) is 16.0. The van der Waals surface area contributed by atoms with E-state index in [1.54, 1.807) is 42.6 Å². The van der Waals surface area contributed by atoms with Crippen LogP contribution in [0.3, 0.4) is 0 Å². The first-order valence-electron chi connectivity index (χ1n) is 8.79. The van der Waals surface area contributed by atoms with E-state index >= 15 is 0 Å². The first-order chi connectivity index (χ1) is 14.4. The number of ether oxygens (including phenoxy) is 1. The van der Waals surface area contributed by atoms with Crippen LogP contribution < -0.4 is 10.5 Å². The van der Waals surface area contributed by atoms with E-state index < -0.39 is 18.6 Å². The lowest BCUT2D eigenvalue weighted by molar-refractivity contribution is 0.0847. The third kappa shape index (κ3) is 3.98. The maximum atomic E-state index is 12.7. The van der Waals surface area contributed by atoms with Gasteiger partial charge in [-0.15, -0.1) is 0 Å². The lowest BCUT2D eigenvalue weighted by Gasteiger charge is -2.09. The van der Waals surface area contributed by atoms with Crippen LogP contribution >= 0.6 is 15.9 Å². The molecule has 0 unspecified atom stereocenters. The molecule has 0 radical (unpaired) electrons. The molecular weight excluding hydrogens is 448 g/mol. The quantitative estimate of drug-likeness (QED) is 0.549. The van der Waals surface area contributed by atoms with Crippen molar-refractivity contribution in [1.29, 1.82) is 0 Å². The minimum Gasteiger partial charge on any atom is -0.496 e. The predicted molar refractivity (Wildman–Crippen MR) is 119 cm³/mol. The summed E-state index contributed by atoms with van der Waals surface area (Å²) in [4.78, 5) is 19.7. The maximum absolute atomic E-state index is 12.7. The second-order valence-corrected chi connectivity index (χ2v) is 7.30. The second kappa shape index (κ2) is 8.93. The molecule has 0 aliphatic heterocycles. The van der Waals surface area contributed by atoms with Gasteiger partial charge in [0.05, 0.1) is 32.4 Å². The zero-order chi connectivity index (χ0) is 21.8. The minimum absolute atomic E-state index is 0.266. The third-order valence-electron chi connectivity index (χ3n) is 4.55. The Morgan fingerprint density at radius 1 is 1.33 bits per heavy atom. The molecular formula is C22H17BrN4O3. The first kappa shape index (κ1) is 21.3. The number of aliphatic hydroxyl groups excluding tert-OH is 1. The molecule has 3 rings (SSSR count). The second-order valence-electron chi connectivity index (χ2n) is 6.38. The van der Waals surface area contributed by atoms with Crippen LogP contribution in [-0.2, 0) is 0 Å². The fraction of sp³-hybridized carbons (Fsp3) is 0.136. The van der Waals surface area contributed by atoms with Gasteiger partial charge in [0, 0.05) is 16.2 Å². The molecule has 8 heteroatoms. The van der Waals surface area contributed by atoms with Crippen molar-refractivity contribution >= 4 is 50.2 Å². The topological polar surface area (TPSA) is 86.2 Å². The van der Waals surface area contributed by atoms with Crippen molar-refractivity contribution in [2.24, 2.45) is 5.73 Å². The lowest BCUT2D eigenvalue weighted by Crippen LogP contribution is -2.37. The summed E-state index contributed by atoms with van der Waals surface area (Å²) in [6.45, 7) is 14.5.